The molecule has 0 radical (unpaired) electrons. The fourth-order valence-electron chi connectivity index (χ4n) is 6.64. The predicted molar refractivity (Wildman–Crippen MR) is 218 cm³/mol. The Hall–Kier alpha value is -0.220. The van der Waals surface area contributed by atoms with Gasteiger partial charge in [0.05, 0.1) is 9.98 Å². The van der Waals surface area contributed by atoms with Crippen LogP contribution < -0.4 is 10.9 Å². The molecule has 0 atom stereocenters. The molecular weight excluding hydrogens is 597 g/mol. The van der Waals surface area contributed by atoms with Gasteiger partial charge in [-0.15, -0.1) is 0 Å². The van der Waals surface area contributed by atoms with Crippen LogP contribution in [0.5, 0.6) is 0 Å². The summed E-state index contributed by atoms with van der Waals surface area (Å²) in [6, 6.07) is 0. The van der Waals surface area contributed by atoms with Gasteiger partial charge in [0.15, 0.2) is 0 Å². The van der Waals surface area contributed by atoms with Crippen molar-refractivity contribution in [3.8, 4) is 0 Å². The lowest BCUT2D eigenvalue weighted by molar-refractivity contribution is 0.525. The Morgan fingerprint density at radius 2 is 0.413 bits per heavy atom. The van der Waals surface area contributed by atoms with Gasteiger partial charge in [-0.1, -0.05) is 257 Å². The van der Waals surface area contributed by atoms with Crippen LogP contribution in [-0.2, 0) is 0 Å². The summed E-state index contributed by atoms with van der Waals surface area (Å²) in [7, 11) is 0. The molecule has 0 saturated carbocycles. The Kier molecular flexibility index (Phi) is 40.8. The maximum atomic E-state index is 5.51. The molecule has 46 heavy (non-hydrogen) atoms. The highest BCUT2D eigenvalue weighted by molar-refractivity contribution is 7.80. The quantitative estimate of drug-likeness (QED) is 0.0385. The molecule has 0 aliphatic carbocycles. The SMILES string of the molecule is CCCCCCCCCCCCCCCCCCCCC(=S)NNC(=S)CCCCCCCCCCCCCCCCCCCC. The maximum absolute atomic E-state index is 5.51. The molecule has 0 aliphatic heterocycles. The van der Waals surface area contributed by atoms with E-state index in [-0.39, 0.29) is 0 Å². The van der Waals surface area contributed by atoms with E-state index in [2.05, 4.69) is 24.7 Å². The highest BCUT2D eigenvalue weighted by Gasteiger charge is 2.01. The first-order valence-electron chi connectivity index (χ1n) is 21.3. The van der Waals surface area contributed by atoms with Gasteiger partial charge in [0.2, 0.25) is 0 Å². The van der Waals surface area contributed by atoms with Gasteiger partial charge in [0.1, 0.15) is 0 Å². The van der Waals surface area contributed by atoms with Gasteiger partial charge < -0.3 is 0 Å². The van der Waals surface area contributed by atoms with Crippen molar-refractivity contribution in [1.82, 2.24) is 10.9 Å². The van der Waals surface area contributed by atoms with Crippen LogP contribution in [0.3, 0.4) is 0 Å². The lowest BCUT2D eigenvalue weighted by atomic mass is 10.0. The second-order valence-electron chi connectivity index (χ2n) is 14.6. The van der Waals surface area contributed by atoms with Crippen molar-refractivity contribution in [2.24, 2.45) is 0 Å². The van der Waals surface area contributed by atoms with Crippen molar-refractivity contribution in [3.05, 3.63) is 0 Å². The van der Waals surface area contributed by atoms with Crippen LogP contribution in [0.25, 0.3) is 0 Å². The third kappa shape index (κ3) is 40.0. The van der Waals surface area contributed by atoms with Crippen molar-refractivity contribution < 1.29 is 0 Å². The van der Waals surface area contributed by atoms with E-state index in [4.69, 9.17) is 24.4 Å². The van der Waals surface area contributed by atoms with Crippen LogP contribution >= 0.6 is 24.4 Å². The van der Waals surface area contributed by atoms with Crippen LogP contribution in [0.1, 0.15) is 258 Å². The van der Waals surface area contributed by atoms with Crippen LogP contribution in [0.15, 0.2) is 0 Å². The molecule has 0 unspecified atom stereocenters. The molecule has 0 aromatic carbocycles. The lowest BCUT2D eigenvalue weighted by Gasteiger charge is -2.11. The number of hydrogen-bond donors (Lipinski definition) is 2. The summed E-state index contributed by atoms with van der Waals surface area (Å²) < 4.78 is 0. The third-order valence-corrected chi connectivity index (χ3v) is 10.5. The zero-order valence-corrected chi connectivity index (χ0v) is 33.3. The molecule has 0 fully saturated rings. The van der Waals surface area contributed by atoms with E-state index >= 15 is 0 Å². The largest absolute Gasteiger partial charge is 0.294 e. The number of unbranched alkanes of at least 4 members (excludes halogenated alkanes) is 34. The minimum Gasteiger partial charge on any atom is -0.294 e. The van der Waals surface area contributed by atoms with E-state index < -0.39 is 0 Å². The molecule has 0 amide bonds. The van der Waals surface area contributed by atoms with Crippen molar-refractivity contribution in [2.75, 3.05) is 0 Å². The average molecular weight is 681 g/mol. The lowest BCUT2D eigenvalue weighted by Crippen LogP contribution is -2.39. The van der Waals surface area contributed by atoms with Crippen LogP contribution in [0.2, 0.25) is 0 Å². The van der Waals surface area contributed by atoms with Gasteiger partial charge in [0.25, 0.3) is 0 Å². The van der Waals surface area contributed by atoms with Crippen molar-refractivity contribution >= 4 is 34.4 Å². The normalized spacial score (nSPS) is 11.3. The first kappa shape index (κ1) is 45.8. The van der Waals surface area contributed by atoms with Crippen LogP contribution in [0, 0.1) is 0 Å². The molecule has 0 bridgehead atoms. The second kappa shape index (κ2) is 41.0. The molecule has 274 valence electrons. The Morgan fingerprint density at radius 3 is 0.587 bits per heavy atom. The van der Waals surface area contributed by atoms with Gasteiger partial charge in [-0.05, 0) is 25.7 Å². The Balaban J connectivity index is 3.25. The molecule has 0 aliphatic rings. The molecule has 0 aromatic rings. The summed E-state index contributed by atoms with van der Waals surface area (Å²) in [6.45, 7) is 4.60. The number of rotatable bonds is 38. The fraction of sp³-hybridized carbons (Fsp3) is 0.952. The monoisotopic (exact) mass is 681 g/mol. The van der Waals surface area contributed by atoms with Crippen LogP contribution in [-0.4, -0.2) is 9.98 Å². The summed E-state index contributed by atoms with van der Waals surface area (Å²) in [5.74, 6) is 0. The minimum absolute atomic E-state index is 0.914. The number of thiocarbonyl (C=S) groups is 2. The van der Waals surface area contributed by atoms with E-state index in [1.807, 2.05) is 0 Å². The van der Waals surface area contributed by atoms with E-state index in [0.29, 0.717) is 0 Å². The number of hydrogen-bond acceptors (Lipinski definition) is 2. The van der Waals surface area contributed by atoms with Crippen LogP contribution in [0.4, 0.5) is 0 Å². The first-order chi connectivity index (χ1) is 22.7. The summed E-state index contributed by atoms with van der Waals surface area (Å²) in [4.78, 5) is 1.83. The molecule has 2 N–H and O–H groups in total. The Bertz CT molecular complexity index is 556. The molecule has 0 spiro atoms. The van der Waals surface area contributed by atoms with Crippen molar-refractivity contribution in [3.63, 3.8) is 0 Å². The van der Waals surface area contributed by atoms with Gasteiger partial charge >= 0.3 is 0 Å². The van der Waals surface area contributed by atoms with E-state index in [1.54, 1.807) is 0 Å². The highest BCUT2D eigenvalue weighted by atomic mass is 32.1. The maximum Gasteiger partial charge on any atom is 0.0939 e. The minimum atomic E-state index is 0.914. The van der Waals surface area contributed by atoms with Gasteiger partial charge in [0, 0.05) is 0 Å². The molecule has 0 aromatic heterocycles. The number of nitrogens with one attached hydrogen (secondary N) is 2. The van der Waals surface area contributed by atoms with Crippen molar-refractivity contribution in [2.45, 2.75) is 258 Å². The van der Waals surface area contributed by atoms with Gasteiger partial charge in [-0.3, -0.25) is 10.9 Å². The Morgan fingerprint density at radius 1 is 0.261 bits per heavy atom. The summed E-state index contributed by atoms with van der Waals surface area (Å²) in [5, 5.41) is 0. The molecular formula is C42H84N2S2. The fourth-order valence-corrected chi connectivity index (χ4v) is 7.03. The molecule has 0 heterocycles. The topological polar surface area (TPSA) is 24.1 Å². The summed E-state index contributed by atoms with van der Waals surface area (Å²) >= 11 is 11.0. The highest BCUT2D eigenvalue weighted by Crippen LogP contribution is 2.16. The standard InChI is InChI=1S/C42H84N2S2/c1-3-5-7-9-11-13-15-17-19-21-23-25-27-29-31-33-35-37-39-41(45)43-44-42(46)40-38-36-34-32-30-28-26-24-22-20-18-16-14-12-10-8-6-4-2/h3-40H2,1-2H3,(H,43,45)(H,44,46). The average Bonchev–Trinajstić information content (AvgIpc) is 3.06. The Labute approximate surface area is 301 Å². The molecule has 0 saturated heterocycles. The van der Waals surface area contributed by atoms with Gasteiger partial charge in [-0.2, -0.15) is 0 Å². The second-order valence-corrected chi connectivity index (χ2v) is 15.6. The predicted octanol–water partition coefficient (Wildman–Crippen LogP) is 15.6. The third-order valence-electron chi connectivity index (χ3n) is 9.86. The zero-order chi connectivity index (χ0) is 33.4. The van der Waals surface area contributed by atoms with E-state index in [9.17, 15) is 0 Å². The van der Waals surface area contributed by atoms with E-state index in [0.717, 1.165) is 22.8 Å². The van der Waals surface area contributed by atoms with Crippen molar-refractivity contribution in [1.29, 1.82) is 0 Å². The molecule has 2 nitrogen and oxygen atoms in total. The van der Waals surface area contributed by atoms with E-state index in [1.165, 1.54) is 231 Å². The molecule has 0 rings (SSSR count). The smallest absolute Gasteiger partial charge is 0.0939 e. The molecule has 4 heteroatoms. The van der Waals surface area contributed by atoms with Gasteiger partial charge in [-0.25, -0.2) is 0 Å². The number of hydrazine groups is 1. The first-order valence-corrected chi connectivity index (χ1v) is 22.1. The summed E-state index contributed by atoms with van der Waals surface area (Å²) in [6.07, 6.45) is 52.8. The zero-order valence-electron chi connectivity index (χ0n) is 31.7. The summed E-state index contributed by atoms with van der Waals surface area (Å²) in [5.41, 5.74) is 6.38.